The summed E-state index contributed by atoms with van der Waals surface area (Å²) in [6.45, 7) is 0. The van der Waals surface area contributed by atoms with Gasteiger partial charge in [0.2, 0.25) is 0 Å². The highest BCUT2D eigenvalue weighted by Crippen LogP contribution is 2.20. The lowest BCUT2D eigenvalue weighted by molar-refractivity contribution is 0.211. The van der Waals surface area contributed by atoms with E-state index in [1.807, 2.05) is 0 Å². The van der Waals surface area contributed by atoms with E-state index in [0.717, 1.165) is 19.3 Å². The van der Waals surface area contributed by atoms with Gasteiger partial charge in [-0.2, -0.15) is 0 Å². The van der Waals surface area contributed by atoms with Gasteiger partial charge in [0.15, 0.2) is 0 Å². The van der Waals surface area contributed by atoms with Crippen LogP contribution in [0.3, 0.4) is 0 Å². The van der Waals surface area contributed by atoms with Gasteiger partial charge < -0.3 is 0 Å². The zero-order valence-corrected chi connectivity index (χ0v) is 3.48. The molecular formula is C4H8F2. The van der Waals surface area contributed by atoms with Crippen LogP contribution in [0.15, 0.2) is 0 Å². The molecule has 1 rings (SSSR count). The molecule has 2 heteroatoms. The number of hydrogen-bond acceptors (Lipinski definition) is 0. The Balaban J connectivity index is 0.000000250. The fraction of sp³-hybridized carbons (Fsp3) is 1.00. The Bertz CT molecular complexity index is 32.5. The monoisotopic (exact) mass is 94.1 g/mol. The number of halogens is 2. The van der Waals surface area contributed by atoms with Gasteiger partial charge in [0.1, 0.15) is 6.17 Å². The Hall–Kier alpha value is -0.140. The average molecular weight is 94.1 g/mol. The minimum Gasteiger partial charge on any atom is -0.269 e. The van der Waals surface area contributed by atoms with Crippen molar-refractivity contribution >= 4 is 0 Å². The van der Waals surface area contributed by atoms with Gasteiger partial charge in [0, 0.05) is 0 Å². The number of rotatable bonds is 0. The molecule has 0 nitrogen and oxygen atoms in total. The third-order valence-corrected chi connectivity index (χ3v) is 1.03. The van der Waals surface area contributed by atoms with E-state index in [1.54, 1.807) is 0 Å². The van der Waals surface area contributed by atoms with Gasteiger partial charge in [-0.3, -0.25) is 4.70 Å². The van der Waals surface area contributed by atoms with Gasteiger partial charge in [-0.1, -0.05) is 0 Å². The minimum absolute atomic E-state index is 0. The number of alkyl halides is 1. The molecule has 0 atom stereocenters. The molecule has 38 valence electrons. The highest BCUT2D eigenvalue weighted by atomic mass is 19.1. The molecule has 1 aliphatic carbocycles. The van der Waals surface area contributed by atoms with E-state index in [9.17, 15) is 4.39 Å². The largest absolute Gasteiger partial charge is 0.269 e. The van der Waals surface area contributed by atoms with Crippen LogP contribution in [0.2, 0.25) is 0 Å². The number of hydrogen-bond donors (Lipinski definition) is 0. The van der Waals surface area contributed by atoms with Gasteiger partial charge in [-0.05, 0) is 19.3 Å². The lowest BCUT2D eigenvalue weighted by Crippen LogP contribution is -2.09. The molecule has 0 amide bonds. The summed E-state index contributed by atoms with van der Waals surface area (Å²) >= 11 is 0. The second kappa shape index (κ2) is 2.11. The standard InChI is InChI=1S/C4H7F.FH/c5-4-2-1-3-4;/h4H,1-3H2;1H. The van der Waals surface area contributed by atoms with Crippen LogP contribution >= 0.6 is 0 Å². The molecule has 1 fully saturated rings. The first-order valence-electron chi connectivity index (χ1n) is 2.03. The van der Waals surface area contributed by atoms with Crippen molar-refractivity contribution in [2.24, 2.45) is 0 Å². The van der Waals surface area contributed by atoms with Gasteiger partial charge >= 0.3 is 0 Å². The van der Waals surface area contributed by atoms with Crippen LogP contribution in [0.25, 0.3) is 0 Å². The summed E-state index contributed by atoms with van der Waals surface area (Å²) in [5.41, 5.74) is 0. The molecule has 0 spiro atoms. The van der Waals surface area contributed by atoms with Crippen molar-refractivity contribution in [1.29, 1.82) is 0 Å². The maximum absolute atomic E-state index is 11.5. The first kappa shape index (κ1) is 5.86. The van der Waals surface area contributed by atoms with Crippen LogP contribution in [0.5, 0.6) is 0 Å². The van der Waals surface area contributed by atoms with Crippen LogP contribution in [0.4, 0.5) is 9.09 Å². The first-order valence-corrected chi connectivity index (χ1v) is 2.03. The summed E-state index contributed by atoms with van der Waals surface area (Å²) in [6, 6.07) is 0. The summed E-state index contributed by atoms with van der Waals surface area (Å²) in [5.74, 6) is 0. The highest BCUT2D eigenvalue weighted by Gasteiger charge is 2.14. The summed E-state index contributed by atoms with van der Waals surface area (Å²) in [4.78, 5) is 0. The Morgan fingerprint density at radius 3 is 1.67 bits per heavy atom. The molecular weight excluding hydrogens is 86.0 g/mol. The topological polar surface area (TPSA) is 0 Å². The fourth-order valence-electron chi connectivity index (χ4n) is 0.358. The first-order chi connectivity index (χ1) is 2.39. The molecule has 0 unspecified atom stereocenters. The van der Waals surface area contributed by atoms with Crippen molar-refractivity contribution in [2.45, 2.75) is 25.4 Å². The summed E-state index contributed by atoms with van der Waals surface area (Å²) in [5, 5.41) is 0. The quantitative estimate of drug-likeness (QED) is 0.428. The molecule has 1 saturated carbocycles. The summed E-state index contributed by atoms with van der Waals surface area (Å²) < 4.78 is 11.5. The SMILES string of the molecule is F.FC1CCC1. The average Bonchev–Trinajstić information content (AvgIpc) is 1.30. The van der Waals surface area contributed by atoms with E-state index in [2.05, 4.69) is 0 Å². The van der Waals surface area contributed by atoms with Crippen molar-refractivity contribution in [1.82, 2.24) is 0 Å². The molecule has 0 aromatic carbocycles. The van der Waals surface area contributed by atoms with Crippen molar-refractivity contribution in [3.8, 4) is 0 Å². The maximum Gasteiger partial charge on any atom is 0.100 e. The Labute approximate surface area is 35.7 Å². The van der Waals surface area contributed by atoms with Gasteiger partial charge in [0.05, 0.1) is 0 Å². The Morgan fingerprint density at radius 2 is 1.67 bits per heavy atom. The van der Waals surface area contributed by atoms with Crippen molar-refractivity contribution < 1.29 is 9.09 Å². The van der Waals surface area contributed by atoms with Crippen LogP contribution in [-0.2, 0) is 0 Å². The van der Waals surface area contributed by atoms with Crippen molar-refractivity contribution in [3.63, 3.8) is 0 Å². The van der Waals surface area contributed by atoms with Crippen LogP contribution in [0, 0.1) is 0 Å². The third kappa shape index (κ3) is 0.919. The minimum atomic E-state index is -0.435. The normalized spacial score (nSPS) is 21.5. The van der Waals surface area contributed by atoms with E-state index in [4.69, 9.17) is 0 Å². The van der Waals surface area contributed by atoms with E-state index >= 15 is 0 Å². The van der Waals surface area contributed by atoms with Crippen molar-refractivity contribution in [3.05, 3.63) is 0 Å². The molecule has 0 N–H and O–H groups in total. The lowest BCUT2D eigenvalue weighted by Gasteiger charge is -2.14. The summed E-state index contributed by atoms with van der Waals surface area (Å²) in [6.07, 6.45) is 2.32. The second-order valence-corrected chi connectivity index (χ2v) is 1.53. The van der Waals surface area contributed by atoms with E-state index in [0.29, 0.717) is 0 Å². The van der Waals surface area contributed by atoms with Crippen LogP contribution in [0.1, 0.15) is 19.3 Å². The lowest BCUT2D eigenvalue weighted by atomic mass is 9.98. The Kier molecular flexibility index (Phi) is 2.06. The highest BCUT2D eigenvalue weighted by molar-refractivity contribution is 4.65. The summed E-state index contributed by atoms with van der Waals surface area (Å²) in [7, 11) is 0. The van der Waals surface area contributed by atoms with Crippen molar-refractivity contribution in [2.75, 3.05) is 0 Å². The second-order valence-electron chi connectivity index (χ2n) is 1.53. The predicted molar refractivity (Wildman–Crippen MR) is 21.2 cm³/mol. The fourth-order valence-corrected chi connectivity index (χ4v) is 0.358. The van der Waals surface area contributed by atoms with E-state index < -0.39 is 6.17 Å². The molecule has 0 aromatic rings. The molecule has 0 bridgehead atoms. The smallest absolute Gasteiger partial charge is 0.100 e. The van der Waals surface area contributed by atoms with E-state index in [-0.39, 0.29) is 4.70 Å². The van der Waals surface area contributed by atoms with E-state index in [1.165, 1.54) is 0 Å². The molecule has 0 saturated heterocycles. The zero-order chi connectivity index (χ0) is 3.70. The molecule has 0 radical (unpaired) electrons. The maximum atomic E-state index is 11.5. The molecule has 0 aromatic heterocycles. The van der Waals surface area contributed by atoms with Gasteiger partial charge in [-0.25, -0.2) is 4.39 Å². The molecule has 0 heterocycles. The molecule has 6 heavy (non-hydrogen) atoms. The van der Waals surface area contributed by atoms with Crippen LogP contribution in [-0.4, -0.2) is 6.17 Å². The van der Waals surface area contributed by atoms with Gasteiger partial charge in [0.25, 0.3) is 0 Å². The predicted octanol–water partition coefficient (Wildman–Crippen LogP) is 1.66. The Morgan fingerprint density at radius 1 is 1.33 bits per heavy atom. The molecule has 1 aliphatic rings. The van der Waals surface area contributed by atoms with Gasteiger partial charge in [-0.15, -0.1) is 0 Å². The molecule has 0 aliphatic heterocycles. The third-order valence-electron chi connectivity index (χ3n) is 1.03. The van der Waals surface area contributed by atoms with Crippen LogP contribution < -0.4 is 0 Å². The zero-order valence-electron chi connectivity index (χ0n) is 3.48.